The first-order valence-corrected chi connectivity index (χ1v) is 8.16. The second-order valence-electron chi connectivity index (χ2n) is 5.13. The molecule has 2 heterocycles. The molecule has 0 aromatic carbocycles. The number of aryl methyl sites for hydroxylation is 1. The molecular weight excluding hydrogens is 264 g/mol. The van der Waals surface area contributed by atoms with Gasteiger partial charge in [0.05, 0.1) is 10.1 Å². The van der Waals surface area contributed by atoms with Gasteiger partial charge in [0.15, 0.2) is 12.4 Å². The molecule has 1 aromatic rings. The molecule has 0 aliphatic carbocycles. The minimum absolute atomic E-state index is 0.298. The van der Waals surface area contributed by atoms with Crippen LogP contribution in [0.1, 0.15) is 30.9 Å². The molecule has 0 saturated carbocycles. The standard InChI is InChI=1S/C13H20N2O3S/c1-14-7-3-6-13(14)12-5-2-8-15(11-12)9-4-10-19(16,17)18/h2,5,8,11,13H,3-4,6-7,9-10H2,1H3. The highest BCUT2D eigenvalue weighted by Gasteiger charge is 2.24. The van der Waals surface area contributed by atoms with Gasteiger partial charge in [0.1, 0.15) is 6.54 Å². The highest BCUT2D eigenvalue weighted by molar-refractivity contribution is 7.85. The van der Waals surface area contributed by atoms with Gasteiger partial charge in [-0.1, -0.05) is 0 Å². The number of rotatable bonds is 5. The topological polar surface area (TPSA) is 64.3 Å². The van der Waals surface area contributed by atoms with E-state index in [1.54, 1.807) is 0 Å². The molecule has 1 fully saturated rings. The number of nitrogens with zero attached hydrogens (tertiary/aromatic N) is 2. The molecule has 106 valence electrons. The van der Waals surface area contributed by atoms with Gasteiger partial charge in [-0.05, 0) is 32.5 Å². The summed E-state index contributed by atoms with van der Waals surface area (Å²) in [6, 6.07) is 4.54. The Morgan fingerprint density at radius 3 is 2.95 bits per heavy atom. The molecule has 2 rings (SSSR count). The molecule has 0 spiro atoms. The van der Waals surface area contributed by atoms with Gasteiger partial charge >= 0.3 is 0 Å². The van der Waals surface area contributed by atoms with Gasteiger partial charge in [0.2, 0.25) is 0 Å². The van der Waals surface area contributed by atoms with Crippen LogP contribution in [-0.2, 0) is 16.7 Å². The largest absolute Gasteiger partial charge is 0.748 e. The average molecular weight is 284 g/mol. The van der Waals surface area contributed by atoms with E-state index in [4.69, 9.17) is 0 Å². The van der Waals surface area contributed by atoms with E-state index in [0.717, 1.165) is 13.0 Å². The molecule has 19 heavy (non-hydrogen) atoms. The van der Waals surface area contributed by atoms with Crippen molar-refractivity contribution in [3.8, 4) is 0 Å². The molecule has 6 heteroatoms. The van der Waals surface area contributed by atoms with Crippen molar-refractivity contribution in [2.45, 2.75) is 31.8 Å². The summed E-state index contributed by atoms with van der Waals surface area (Å²) in [4.78, 5) is 2.34. The highest BCUT2D eigenvalue weighted by Crippen LogP contribution is 2.29. The first kappa shape index (κ1) is 14.4. The predicted octanol–water partition coefficient (Wildman–Crippen LogP) is 0.676. The van der Waals surface area contributed by atoms with Crippen molar-refractivity contribution in [1.82, 2.24) is 4.90 Å². The Labute approximate surface area is 114 Å². The van der Waals surface area contributed by atoms with Crippen LogP contribution in [0.3, 0.4) is 0 Å². The summed E-state index contributed by atoms with van der Waals surface area (Å²) in [5, 5.41) is 0. The number of hydrogen-bond donors (Lipinski definition) is 0. The normalized spacial score (nSPS) is 20.8. The molecule has 5 nitrogen and oxygen atoms in total. The maximum absolute atomic E-state index is 10.6. The summed E-state index contributed by atoms with van der Waals surface area (Å²) in [6.07, 6.45) is 6.71. The van der Waals surface area contributed by atoms with Gasteiger partial charge in [-0.25, -0.2) is 13.0 Å². The third-order valence-corrected chi connectivity index (χ3v) is 4.39. The van der Waals surface area contributed by atoms with E-state index in [2.05, 4.69) is 24.2 Å². The second-order valence-corrected chi connectivity index (χ2v) is 6.65. The zero-order valence-corrected chi connectivity index (χ0v) is 12.0. The minimum Gasteiger partial charge on any atom is -0.748 e. The number of hydrogen-bond acceptors (Lipinski definition) is 4. The van der Waals surface area contributed by atoms with Crippen LogP contribution in [0.25, 0.3) is 0 Å². The van der Waals surface area contributed by atoms with Crippen LogP contribution in [0.4, 0.5) is 0 Å². The second kappa shape index (κ2) is 5.98. The van der Waals surface area contributed by atoms with E-state index in [1.165, 1.54) is 12.0 Å². The Bertz CT molecular complexity index is 530. The Balaban J connectivity index is 1.99. The van der Waals surface area contributed by atoms with Crippen molar-refractivity contribution < 1.29 is 17.5 Å². The molecule has 1 atom stereocenters. The lowest BCUT2D eigenvalue weighted by atomic mass is 10.1. The molecule has 0 amide bonds. The van der Waals surface area contributed by atoms with E-state index in [1.807, 2.05) is 16.8 Å². The van der Waals surface area contributed by atoms with Crippen LogP contribution in [0.2, 0.25) is 0 Å². The Hall–Kier alpha value is -0.980. The van der Waals surface area contributed by atoms with E-state index in [0.29, 0.717) is 19.0 Å². The van der Waals surface area contributed by atoms with Crippen molar-refractivity contribution >= 4 is 10.1 Å². The highest BCUT2D eigenvalue weighted by atomic mass is 32.2. The maximum atomic E-state index is 10.6. The van der Waals surface area contributed by atoms with Crippen LogP contribution in [0.15, 0.2) is 24.5 Å². The van der Waals surface area contributed by atoms with E-state index in [-0.39, 0.29) is 5.75 Å². The quantitative estimate of drug-likeness (QED) is 0.589. The number of pyridine rings is 1. The van der Waals surface area contributed by atoms with E-state index < -0.39 is 10.1 Å². The fraction of sp³-hybridized carbons (Fsp3) is 0.615. The zero-order valence-electron chi connectivity index (χ0n) is 11.2. The summed E-state index contributed by atoms with van der Waals surface area (Å²) in [6.45, 7) is 1.68. The Morgan fingerprint density at radius 1 is 1.53 bits per heavy atom. The smallest absolute Gasteiger partial charge is 0.173 e. The zero-order chi connectivity index (χ0) is 13.9. The number of aromatic nitrogens is 1. The summed E-state index contributed by atoms with van der Waals surface area (Å²) in [5.74, 6) is -0.298. The van der Waals surface area contributed by atoms with Crippen LogP contribution in [0.5, 0.6) is 0 Å². The number of likely N-dealkylation sites (tertiary alicyclic amines) is 1. The maximum Gasteiger partial charge on any atom is 0.173 e. The van der Waals surface area contributed by atoms with Crippen LogP contribution >= 0.6 is 0 Å². The van der Waals surface area contributed by atoms with E-state index in [9.17, 15) is 13.0 Å². The summed E-state index contributed by atoms with van der Waals surface area (Å²) >= 11 is 0. The molecule has 0 bridgehead atoms. The van der Waals surface area contributed by atoms with Crippen molar-refractivity contribution in [2.75, 3.05) is 19.3 Å². The van der Waals surface area contributed by atoms with Crippen LogP contribution < -0.4 is 4.57 Å². The fourth-order valence-corrected chi connectivity index (χ4v) is 3.12. The Morgan fingerprint density at radius 2 is 2.32 bits per heavy atom. The molecule has 1 aliphatic heterocycles. The molecule has 1 unspecified atom stereocenters. The molecule has 1 aromatic heterocycles. The summed E-state index contributed by atoms with van der Waals surface area (Å²) in [5.41, 5.74) is 1.26. The summed E-state index contributed by atoms with van der Waals surface area (Å²) in [7, 11) is -1.98. The fourth-order valence-electron chi connectivity index (χ4n) is 2.63. The third kappa shape index (κ3) is 4.26. The van der Waals surface area contributed by atoms with Crippen molar-refractivity contribution in [3.05, 3.63) is 30.1 Å². The Kier molecular flexibility index (Phi) is 4.54. The summed E-state index contributed by atoms with van der Waals surface area (Å²) < 4.78 is 33.7. The lowest BCUT2D eigenvalue weighted by Crippen LogP contribution is -2.35. The van der Waals surface area contributed by atoms with Gasteiger partial charge in [-0.2, -0.15) is 0 Å². The first-order chi connectivity index (χ1) is 8.96. The van der Waals surface area contributed by atoms with Gasteiger partial charge in [-0.3, -0.25) is 4.90 Å². The van der Waals surface area contributed by atoms with Crippen LogP contribution in [0, 0.1) is 0 Å². The van der Waals surface area contributed by atoms with Crippen molar-refractivity contribution in [3.63, 3.8) is 0 Å². The van der Waals surface area contributed by atoms with E-state index >= 15 is 0 Å². The molecular formula is C13H20N2O3S. The van der Waals surface area contributed by atoms with Crippen molar-refractivity contribution in [1.29, 1.82) is 0 Å². The molecule has 1 aliphatic rings. The lowest BCUT2D eigenvalue weighted by molar-refractivity contribution is -0.697. The van der Waals surface area contributed by atoms with Gasteiger partial charge in [0, 0.05) is 29.8 Å². The molecule has 0 N–H and O–H groups in total. The van der Waals surface area contributed by atoms with Gasteiger partial charge in [0.25, 0.3) is 0 Å². The molecule has 0 radical (unpaired) electrons. The lowest BCUT2D eigenvalue weighted by Gasteiger charge is -2.18. The monoisotopic (exact) mass is 284 g/mol. The van der Waals surface area contributed by atoms with Gasteiger partial charge in [-0.15, -0.1) is 0 Å². The van der Waals surface area contributed by atoms with Crippen molar-refractivity contribution in [2.24, 2.45) is 0 Å². The SMILES string of the molecule is CN1CCCC1c1ccc[n+](CCCS(=O)(=O)[O-])c1. The average Bonchev–Trinajstić information content (AvgIpc) is 2.74. The van der Waals surface area contributed by atoms with Gasteiger partial charge < -0.3 is 4.55 Å². The molecule has 1 saturated heterocycles. The third-order valence-electron chi connectivity index (χ3n) is 3.60. The predicted molar refractivity (Wildman–Crippen MR) is 70.4 cm³/mol. The first-order valence-electron chi connectivity index (χ1n) is 6.58. The minimum atomic E-state index is -4.10. The van der Waals surface area contributed by atoms with Crippen LogP contribution in [-0.4, -0.2) is 37.2 Å².